The van der Waals surface area contributed by atoms with Gasteiger partial charge in [0, 0.05) is 12.5 Å². The normalized spacial score (nSPS) is 18.6. The maximum absolute atomic E-state index is 11.7. The number of hydrogen-bond donors (Lipinski definition) is 1. The number of amides is 1. The minimum absolute atomic E-state index is 0.247. The van der Waals surface area contributed by atoms with Crippen molar-refractivity contribution in [3.05, 3.63) is 34.9 Å². The number of benzene rings is 1. The Hall–Kier alpha value is -1.31. The molecule has 2 aliphatic carbocycles. The highest BCUT2D eigenvalue weighted by Gasteiger charge is 2.24. The van der Waals surface area contributed by atoms with Crippen LogP contribution < -0.4 is 5.32 Å². The molecule has 2 nitrogen and oxygen atoms in total. The van der Waals surface area contributed by atoms with Gasteiger partial charge < -0.3 is 5.32 Å². The standard InChI is InChI=1S/C15H19NO/c17-15(13-4-2-5-13)16-10-11-7-8-12-3-1-6-14(12)9-11/h7-9,13H,1-6,10H2,(H,16,17). The number of hydrogen-bond acceptors (Lipinski definition) is 1. The molecule has 17 heavy (non-hydrogen) atoms. The van der Waals surface area contributed by atoms with Gasteiger partial charge in [0.2, 0.25) is 5.91 Å². The summed E-state index contributed by atoms with van der Waals surface area (Å²) in [4.78, 5) is 11.7. The number of carbonyl (C=O) groups is 1. The second-order valence-electron chi connectivity index (χ2n) is 5.30. The molecule has 0 atom stereocenters. The maximum atomic E-state index is 11.7. The van der Waals surface area contributed by atoms with Crippen LogP contribution in [0.15, 0.2) is 18.2 Å². The highest BCUT2D eigenvalue weighted by atomic mass is 16.1. The first-order valence-corrected chi connectivity index (χ1v) is 6.71. The number of carbonyl (C=O) groups excluding carboxylic acids is 1. The first kappa shape index (κ1) is 10.8. The van der Waals surface area contributed by atoms with E-state index in [1.165, 1.54) is 42.4 Å². The number of fused-ring (bicyclic) bond motifs is 1. The van der Waals surface area contributed by atoms with Gasteiger partial charge in [0.25, 0.3) is 0 Å². The van der Waals surface area contributed by atoms with Gasteiger partial charge in [0.05, 0.1) is 0 Å². The molecule has 0 bridgehead atoms. The molecular weight excluding hydrogens is 210 g/mol. The van der Waals surface area contributed by atoms with E-state index in [-0.39, 0.29) is 5.91 Å². The summed E-state index contributed by atoms with van der Waals surface area (Å²) in [6.07, 6.45) is 7.10. The van der Waals surface area contributed by atoms with Crippen LogP contribution in [0, 0.1) is 5.92 Å². The summed E-state index contributed by atoms with van der Waals surface area (Å²) in [6.45, 7) is 0.697. The maximum Gasteiger partial charge on any atom is 0.223 e. The average molecular weight is 229 g/mol. The van der Waals surface area contributed by atoms with Crippen LogP contribution in [0.5, 0.6) is 0 Å². The molecular formula is C15H19NO. The summed E-state index contributed by atoms with van der Waals surface area (Å²) in [5.74, 6) is 0.543. The van der Waals surface area contributed by atoms with Crippen LogP contribution in [0.3, 0.4) is 0 Å². The lowest BCUT2D eigenvalue weighted by molar-refractivity contribution is -0.127. The molecule has 0 aromatic heterocycles. The number of aryl methyl sites for hydroxylation is 2. The zero-order valence-electron chi connectivity index (χ0n) is 10.2. The highest BCUT2D eigenvalue weighted by molar-refractivity contribution is 5.79. The fourth-order valence-electron chi connectivity index (χ4n) is 2.74. The zero-order chi connectivity index (χ0) is 11.7. The lowest BCUT2D eigenvalue weighted by Crippen LogP contribution is -2.33. The quantitative estimate of drug-likeness (QED) is 0.848. The summed E-state index contributed by atoms with van der Waals surface area (Å²) in [5.41, 5.74) is 4.23. The van der Waals surface area contributed by atoms with Crippen molar-refractivity contribution in [3.63, 3.8) is 0 Å². The minimum Gasteiger partial charge on any atom is -0.352 e. The first-order chi connectivity index (χ1) is 8.33. The van der Waals surface area contributed by atoms with Crippen LogP contribution in [0.4, 0.5) is 0 Å². The Kier molecular flexibility index (Phi) is 2.87. The topological polar surface area (TPSA) is 29.1 Å². The summed E-state index contributed by atoms with van der Waals surface area (Å²) in [5, 5.41) is 3.05. The largest absolute Gasteiger partial charge is 0.352 e. The predicted octanol–water partition coefficient (Wildman–Crippen LogP) is 2.59. The van der Waals surface area contributed by atoms with Crippen molar-refractivity contribution in [1.29, 1.82) is 0 Å². The van der Waals surface area contributed by atoms with E-state index >= 15 is 0 Å². The fraction of sp³-hybridized carbons (Fsp3) is 0.533. The van der Waals surface area contributed by atoms with Crippen molar-refractivity contribution in [2.45, 2.75) is 45.1 Å². The van der Waals surface area contributed by atoms with E-state index < -0.39 is 0 Å². The fourth-order valence-corrected chi connectivity index (χ4v) is 2.74. The first-order valence-electron chi connectivity index (χ1n) is 6.71. The van der Waals surface area contributed by atoms with Gasteiger partial charge in [0.1, 0.15) is 0 Å². The second kappa shape index (κ2) is 4.52. The van der Waals surface area contributed by atoms with E-state index in [1.807, 2.05) is 0 Å². The van der Waals surface area contributed by atoms with Crippen LogP contribution in [-0.4, -0.2) is 5.91 Å². The molecule has 2 aliphatic rings. The van der Waals surface area contributed by atoms with Crippen molar-refractivity contribution >= 4 is 5.91 Å². The molecule has 2 heteroatoms. The van der Waals surface area contributed by atoms with Crippen LogP contribution >= 0.6 is 0 Å². The summed E-state index contributed by atoms with van der Waals surface area (Å²) in [6, 6.07) is 6.65. The molecule has 0 unspecified atom stereocenters. The van der Waals surface area contributed by atoms with E-state index in [9.17, 15) is 4.79 Å². The molecule has 0 radical (unpaired) electrons. The SMILES string of the molecule is O=C(NCc1ccc2c(c1)CCC2)C1CCC1. The van der Waals surface area contributed by atoms with Crippen molar-refractivity contribution in [1.82, 2.24) is 5.32 Å². The lowest BCUT2D eigenvalue weighted by Gasteiger charge is -2.24. The molecule has 3 rings (SSSR count). The molecule has 1 fully saturated rings. The molecule has 0 spiro atoms. The van der Waals surface area contributed by atoms with Crippen LogP contribution in [0.1, 0.15) is 42.4 Å². The molecule has 90 valence electrons. The van der Waals surface area contributed by atoms with Crippen molar-refractivity contribution < 1.29 is 4.79 Å². The van der Waals surface area contributed by atoms with Gasteiger partial charge in [-0.15, -0.1) is 0 Å². The van der Waals surface area contributed by atoms with Crippen LogP contribution in [-0.2, 0) is 24.2 Å². The second-order valence-corrected chi connectivity index (χ2v) is 5.30. The van der Waals surface area contributed by atoms with Gasteiger partial charge >= 0.3 is 0 Å². The molecule has 1 saturated carbocycles. The zero-order valence-corrected chi connectivity index (χ0v) is 10.2. The Balaban J connectivity index is 1.59. The molecule has 1 aromatic carbocycles. The third-order valence-electron chi connectivity index (χ3n) is 4.11. The van der Waals surface area contributed by atoms with Gasteiger partial charge in [-0.1, -0.05) is 24.6 Å². The summed E-state index contributed by atoms with van der Waals surface area (Å²) >= 11 is 0. The van der Waals surface area contributed by atoms with Gasteiger partial charge in [-0.3, -0.25) is 4.79 Å². The van der Waals surface area contributed by atoms with Crippen molar-refractivity contribution in [2.75, 3.05) is 0 Å². The Morgan fingerprint density at radius 1 is 1.18 bits per heavy atom. The third kappa shape index (κ3) is 2.21. The minimum atomic E-state index is 0.247. The highest BCUT2D eigenvalue weighted by Crippen LogP contribution is 2.26. The van der Waals surface area contributed by atoms with E-state index in [0.29, 0.717) is 12.5 Å². The molecule has 0 aliphatic heterocycles. The lowest BCUT2D eigenvalue weighted by atomic mass is 9.85. The Labute approximate surface area is 102 Å². The summed E-state index contributed by atoms with van der Waals surface area (Å²) < 4.78 is 0. The third-order valence-corrected chi connectivity index (χ3v) is 4.11. The molecule has 1 N–H and O–H groups in total. The van der Waals surface area contributed by atoms with Gasteiger partial charge in [0.15, 0.2) is 0 Å². The van der Waals surface area contributed by atoms with Gasteiger partial charge in [-0.25, -0.2) is 0 Å². The number of rotatable bonds is 3. The molecule has 1 aromatic rings. The predicted molar refractivity (Wildman–Crippen MR) is 67.7 cm³/mol. The molecule has 1 amide bonds. The Bertz CT molecular complexity index is 435. The smallest absolute Gasteiger partial charge is 0.223 e. The van der Waals surface area contributed by atoms with E-state index in [1.54, 1.807) is 0 Å². The van der Waals surface area contributed by atoms with Crippen molar-refractivity contribution in [2.24, 2.45) is 5.92 Å². The van der Waals surface area contributed by atoms with Crippen LogP contribution in [0.2, 0.25) is 0 Å². The van der Waals surface area contributed by atoms with Crippen molar-refractivity contribution in [3.8, 4) is 0 Å². The van der Waals surface area contributed by atoms with Gasteiger partial charge in [-0.2, -0.15) is 0 Å². The van der Waals surface area contributed by atoms with E-state index in [2.05, 4.69) is 23.5 Å². The monoisotopic (exact) mass is 229 g/mol. The average Bonchev–Trinajstić information content (AvgIpc) is 2.71. The van der Waals surface area contributed by atoms with E-state index in [0.717, 1.165) is 12.8 Å². The summed E-state index contributed by atoms with van der Waals surface area (Å²) in [7, 11) is 0. The number of nitrogens with one attached hydrogen (secondary N) is 1. The molecule has 0 saturated heterocycles. The van der Waals surface area contributed by atoms with Crippen LogP contribution in [0.25, 0.3) is 0 Å². The Morgan fingerprint density at radius 2 is 2.00 bits per heavy atom. The Morgan fingerprint density at radius 3 is 2.76 bits per heavy atom. The van der Waals surface area contributed by atoms with E-state index in [4.69, 9.17) is 0 Å². The van der Waals surface area contributed by atoms with Gasteiger partial charge in [-0.05, 0) is 48.8 Å². The molecule has 0 heterocycles.